The molecule has 0 spiro atoms. The molecular weight excluding hydrogens is 316 g/mol. The Bertz CT molecular complexity index is 932. The Morgan fingerprint density at radius 3 is 2.48 bits per heavy atom. The average Bonchev–Trinajstić information content (AvgIpc) is 2.61. The highest BCUT2D eigenvalue weighted by Gasteiger charge is 2.20. The van der Waals surface area contributed by atoms with Crippen molar-refractivity contribution in [1.29, 1.82) is 0 Å². The Kier molecular flexibility index (Phi) is 4.95. The van der Waals surface area contributed by atoms with E-state index in [2.05, 4.69) is 5.32 Å². The van der Waals surface area contributed by atoms with Gasteiger partial charge < -0.3 is 14.6 Å². The molecule has 3 aromatic rings. The van der Waals surface area contributed by atoms with Crippen molar-refractivity contribution in [2.24, 2.45) is 0 Å². The lowest BCUT2D eigenvalue weighted by molar-refractivity contribution is -0.890. The van der Waals surface area contributed by atoms with Crippen LogP contribution in [0.5, 0.6) is 0 Å². The number of quaternary nitrogens is 1. The molecule has 5 heteroatoms. The standard InChI is InChI=1S/C20H20N2O3/c1-22(2)17(14-8-4-3-5-9-14)13-21-19(23)16-12-15-10-6-7-11-18(15)25-20(16)24/h3-12,17H,13H2,1-2H3,(H,21,23)/p+1/t17-/m0/s1. The summed E-state index contributed by atoms with van der Waals surface area (Å²) in [5, 5.41) is 3.59. The summed E-state index contributed by atoms with van der Waals surface area (Å²) in [6.45, 7) is 0.428. The minimum atomic E-state index is -0.621. The fourth-order valence-corrected chi connectivity index (χ4v) is 2.85. The monoisotopic (exact) mass is 337 g/mol. The van der Waals surface area contributed by atoms with E-state index in [0.29, 0.717) is 12.1 Å². The molecule has 0 aliphatic carbocycles. The lowest BCUT2D eigenvalue weighted by Gasteiger charge is -2.22. The third kappa shape index (κ3) is 3.78. The summed E-state index contributed by atoms with van der Waals surface area (Å²) in [4.78, 5) is 25.8. The van der Waals surface area contributed by atoms with Gasteiger partial charge in [0, 0.05) is 10.9 Å². The fourth-order valence-electron chi connectivity index (χ4n) is 2.85. The van der Waals surface area contributed by atoms with Gasteiger partial charge in [0.25, 0.3) is 5.91 Å². The maximum Gasteiger partial charge on any atom is 0.349 e. The molecule has 0 fully saturated rings. The van der Waals surface area contributed by atoms with Crippen molar-refractivity contribution in [2.45, 2.75) is 6.04 Å². The van der Waals surface area contributed by atoms with Crippen molar-refractivity contribution in [3.63, 3.8) is 0 Å². The number of hydrogen-bond acceptors (Lipinski definition) is 3. The summed E-state index contributed by atoms with van der Waals surface area (Å²) >= 11 is 0. The molecule has 0 bridgehead atoms. The molecule has 1 amide bonds. The summed E-state index contributed by atoms with van der Waals surface area (Å²) in [5.41, 5.74) is 1.02. The summed E-state index contributed by atoms with van der Waals surface area (Å²) in [7, 11) is 4.07. The highest BCUT2D eigenvalue weighted by atomic mass is 16.4. The van der Waals surface area contributed by atoms with E-state index in [1.165, 1.54) is 4.90 Å². The van der Waals surface area contributed by atoms with Crippen LogP contribution in [0.1, 0.15) is 22.0 Å². The van der Waals surface area contributed by atoms with E-state index < -0.39 is 11.5 Å². The second-order valence-electron chi connectivity index (χ2n) is 6.24. The molecule has 2 aromatic carbocycles. The van der Waals surface area contributed by atoms with Gasteiger partial charge in [0.1, 0.15) is 17.2 Å². The second-order valence-corrected chi connectivity index (χ2v) is 6.24. The first-order chi connectivity index (χ1) is 12.1. The van der Waals surface area contributed by atoms with Gasteiger partial charge in [-0.15, -0.1) is 0 Å². The minimum Gasteiger partial charge on any atom is -0.422 e. The van der Waals surface area contributed by atoms with Crippen molar-refractivity contribution >= 4 is 16.9 Å². The number of fused-ring (bicyclic) bond motifs is 1. The normalized spacial score (nSPS) is 12.3. The molecule has 0 aliphatic rings. The zero-order chi connectivity index (χ0) is 17.8. The van der Waals surface area contributed by atoms with Crippen molar-refractivity contribution in [2.75, 3.05) is 20.6 Å². The van der Waals surface area contributed by atoms with Crippen LogP contribution in [-0.4, -0.2) is 26.5 Å². The van der Waals surface area contributed by atoms with Crippen LogP contribution in [0.2, 0.25) is 0 Å². The number of nitrogens with one attached hydrogen (secondary N) is 2. The van der Waals surface area contributed by atoms with Gasteiger partial charge in [-0.05, 0) is 12.1 Å². The Hall–Kier alpha value is -2.92. The van der Waals surface area contributed by atoms with E-state index in [1.54, 1.807) is 18.2 Å². The van der Waals surface area contributed by atoms with Gasteiger partial charge in [0.2, 0.25) is 0 Å². The molecule has 0 saturated heterocycles. The van der Waals surface area contributed by atoms with Crippen molar-refractivity contribution in [3.05, 3.63) is 82.2 Å². The van der Waals surface area contributed by atoms with Crippen molar-refractivity contribution in [3.8, 4) is 0 Å². The quantitative estimate of drug-likeness (QED) is 0.692. The third-order valence-electron chi connectivity index (χ3n) is 4.25. The van der Waals surface area contributed by atoms with E-state index in [4.69, 9.17) is 4.42 Å². The van der Waals surface area contributed by atoms with E-state index in [-0.39, 0.29) is 11.6 Å². The van der Waals surface area contributed by atoms with Gasteiger partial charge in [0.05, 0.1) is 20.6 Å². The van der Waals surface area contributed by atoms with Gasteiger partial charge in [-0.3, -0.25) is 4.79 Å². The maximum atomic E-state index is 12.5. The summed E-state index contributed by atoms with van der Waals surface area (Å²) < 4.78 is 5.23. The number of para-hydroxylation sites is 1. The van der Waals surface area contributed by atoms with Gasteiger partial charge in [0.15, 0.2) is 0 Å². The number of rotatable bonds is 5. The smallest absolute Gasteiger partial charge is 0.349 e. The Balaban J connectivity index is 1.80. The lowest BCUT2D eigenvalue weighted by Crippen LogP contribution is -3.07. The van der Waals surface area contributed by atoms with E-state index >= 15 is 0 Å². The molecule has 1 heterocycles. The van der Waals surface area contributed by atoms with Crippen LogP contribution in [0, 0.1) is 0 Å². The third-order valence-corrected chi connectivity index (χ3v) is 4.25. The van der Waals surface area contributed by atoms with Crippen LogP contribution in [0.15, 0.2) is 69.9 Å². The average molecular weight is 337 g/mol. The van der Waals surface area contributed by atoms with Crippen LogP contribution < -0.4 is 15.8 Å². The highest BCUT2D eigenvalue weighted by Crippen LogP contribution is 2.13. The van der Waals surface area contributed by atoms with Gasteiger partial charge in [-0.1, -0.05) is 48.5 Å². The number of benzene rings is 2. The van der Waals surface area contributed by atoms with E-state index in [1.807, 2.05) is 56.6 Å². The van der Waals surface area contributed by atoms with Gasteiger partial charge in [-0.2, -0.15) is 0 Å². The van der Waals surface area contributed by atoms with E-state index in [9.17, 15) is 9.59 Å². The zero-order valence-corrected chi connectivity index (χ0v) is 14.3. The molecular formula is C20H21N2O3+. The molecule has 1 atom stereocenters. The Morgan fingerprint density at radius 1 is 1.08 bits per heavy atom. The molecule has 3 rings (SSSR count). The minimum absolute atomic E-state index is 0.0271. The maximum absolute atomic E-state index is 12.5. The number of amides is 1. The number of carbonyl (C=O) groups is 1. The predicted octanol–water partition coefficient (Wildman–Crippen LogP) is 1.41. The molecule has 128 valence electrons. The first-order valence-electron chi connectivity index (χ1n) is 8.22. The van der Waals surface area contributed by atoms with Crippen LogP contribution >= 0.6 is 0 Å². The van der Waals surface area contributed by atoms with Crippen LogP contribution in [0.4, 0.5) is 0 Å². The predicted molar refractivity (Wildman–Crippen MR) is 96.8 cm³/mol. The highest BCUT2D eigenvalue weighted by molar-refractivity contribution is 5.96. The van der Waals surface area contributed by atoms with E-state index in [0.717, 1.165) is 10.9 Å². The van der Waals surface area contributed by atoms with Gasteiger partial charge >= 0.3 is 5.63 Å². The molecule has 1 aromatic heterocycles. The largest absolute Gasteiger partial charge is 0.422 e. The van der Waals surface area contributed by atoms with Crippen molar-refractivity contribution in [1.82, 2.24) is 5.32 Å². The number of hydrogen-bond donors (Lipinski definition) is 2. The van der Waals surface area contributed by atoms with Crippen molar-refractivity contribution < 1.29 is 14.1 Å². The summed E-state index contributed by atoms with van der Waals surface area (Å²) in [6.07, 6.45) is 0. The fraction of sp³-hybridized carbons (Fsp3) is 0.200. The number of likely N-dealkylation sites (N-methyl/N-ethyl adjacent to an activating group) is 1. The SMILES string of the molecule is C[NH+](C)[C@@H](CNC(=O)c1cc2ccccc2oc1=O)c1ccccc1. The molecule has 0 unspecified atom stereocenters. The summed E-state index contributed by atoms with van der Waals surface area (Å²) in [5.74, 6) is -0.415. The van der Waals surface area contributed by atoms with Crippen LogP contribution in [0.3, 0.4) is 0 Å². The molecule has 25 heavy (non-hydrogen) atoms. The molecule has 0 aliphatic heterocycles. The second kappa shape index (κ2) is 7.32. The zero-order valence-electron chi connectivity index (χ0n) is 14.3. The first-order valence-corrected chi connectivity index (χ1v) is 8.22. The molecule has 5 nitrogen and oxygen atoms in total. The Labute approximate surface area is 145 Å². The Morgan fingerprint density at radius 2 is 1.76 bits per heavy atom. The molecule has 0 saturated carbocycles. The topological polar surface area (TPSA) is 63.8 Å². The number of carbonyl (C=O) groups excluding carboxylic acids is 1. The summed E-state index contributed by atoms with van der Waals surface area (Å²) in [6, 6.07) is 18.8. The van der Waals surface area contributed by atoms with Crippen LogP contribution in [0.25, 0.3) is 11.0 Å². The van der Waals surface area contributed by atoms with Crippen LogP contribution in [-0.2, 0) is 0 Å². The first kappa shape index (κ1) is 16.9. The van der Waals surface area contributed by atoms with Gasteiger partial charge in [-0.25, -0.2) is 4.79 Å². The molecule has 0 radical (unpaired) electrons. The molecule has 2 N–H and O–H groups in total. The lowest BCUT2D eigenvalue weighted by atomic mass is 10.1.